The van der Waals surface area contributed by atoms with Crippen LogP contribution in [0, 0.1) is 22.5 Å². The Morgan fingerprint density at radius 1 is 0.607 bits per heavy atom. The predicted octanol–water partition coefficient (Wildman–Crippen LogP) is 6.81. The molecule has 11 nitrogen and oxygen atoms in total. The molecule has 0 unspecified atom stereocenters. The highest BCUT2D eigenvalue weighted by molar-refractivity contribution is 7.99. The lowest BCUT2D eigenvalue weighted by Crippen LogP contribution is -2.14. The Kier molecular flexibility index (Phi) is 20.2. The van der Waals surface area contributed by atoms with Crippen LogP contribution < -0.4 is 17.2 Å². The van der Waals surface area contributed by atoms with Crippen molar-refractivity contribution < 1.29 is 28.0 Å². The minimum absolute atomic E-state index is 0.00530. The average Bonchev–Trinajstić information content (AvgIpc) is 3.13. The van der Waals surface area contributed by atoms with Crippen molar-refractivity contribution in [3.63, 3.8) is 0 Å². The maximum Gasteiger partial charge on any atom is 0.185 e. The number of halogens is 2. The summed E-state index contributed by atoms with van der Waals surface area (Å²) in [6.07, 6.45) is 6.73. The Hall–Kier alpha value is -4.18. The lowest BCUT2D eigenvalue weighted by atomic mass is 9.98. The number of thioether (sulfide) groups is 2. The van der Waals surface area contributed by atoms with Crippen molar-refractivity contribution in [2.24, 2.45) is 17.2 Å². The number of Topliss-reactive ketones (excluding diaryl/α,β-unsaturated/α-hetero) is 4. The van der Waals surface area contributed by atoms with Crippen LogP contribution >= 0.6 is 23.5 Å². The lowest BCUT2D eigenvalue weighted by molar-refractivity contribution is -0.119. The monoisotopic (exact) mass is 809 g/mol. The molecule has 0 aliphatic carbocycles. The van der Waals surface area contributed by atoms with Crippen LogP contribution in [0.25, 0.3) is 0 Å². The summed E-state index contributed by atoms with van der Waals surface area (Å²) in [6.45, 7) is 2.40. The number of amidine groups is 1. The van der Waals surface area contributed by atoms with Gasteiger partial charge >= 0.3 is 0 Å². The summed E-state index contributed by atoms with van der Waals surface area (Å²) in [7, 11) is 0. The molecule has 0 bridgehead atoms. The van der Waals surface area contributed by atoms with E-state index in [1.54, 1.807) is 6.92 Å². The van der Waals surface area contributed by atoms with Gasteiger partial charge < -0.3 is 22.6 Å². The summed E-state index contributed by atoms with van der Waals surface area (Å²) < 4.78 is 29.9. The van der Waals surface area contributed by atoms with Crippen molar-refractivity contribution in [2.75, 3.05) is 24.6 Å². The summed E-state index contributed by atoms with van der Waals surface area (Å²) in [5.74, 6) is -1.24. The molecule has 0 fully saturated rings. The molecule has 3 aromatic rings. The molecular weight excluding hydrogens is 757 g/mol. The summed E-state index contributed by atoms with van der Waals surface area (Å²) >= 11 is 2.68. The molecule has 2 aromatic carbocycles. The molecule has 1 aromatic heterocycles. The molecule has 0 saturated heterocycles. The Morgan fingerprint density at radius 3 is 1.39 bits per heavy atom. The summed E-state index contributed by atoms with van der Waals surface area (Å²) in [5, 5.41) is 14.9. The number of hydrogen-bond donors (Lipinski definition) is 5. The third kappa shape index (κ3) is 16.1. The Balaban J connectivity index is 1.79. The first-order chi connectivity index (χ1) is 26.8. The van der Waals surface area contributed by atoms with Crippen LogP contribution in [-0.4, -0.2) is 69.2 Å². The molecule has 302 valence electrons. The minimum atomic E-state index is -0.596. The number of nitrogens with one attached hydrogen (secondary N) is 2. The van der Waals surface area contributed by atoms with Crippen molar-refractivity contribution in [2.45, 2.75) is 107 Å². The van der Waals surface area contributed by atoms with Gasteiger partial charge in [-0.15, -0.1) is 23.5 Å². The maximum atomic E-state index is 15.0. The van der Waals surface area contributed by atoms with E-state index >= 15 is 0 Å². The van der Waals surface area contributed by atoms with Gasteiger partial charge in [0.1, 0.15) is 40.9 Å². The van der Waals surface area contributed by atoms with E-state index in [0.717, 1.165) is 25.6 Å². The number of unbranched alkanes of at least 4 members (excludes halogenated alkanes) is 4. The van der Waals surface area contributed by atoms with Crippen LogP contribution in [-0.2, 0) is 35.3 Å². The third-order valence-electron chi connectivity index (χ3n) is 8.77. The van der Waals surface area contributed by atoms with Gasteiger partial charge in [-0.2, -0.15) is 0 Å². The predicted molar refractivity (Wildman–Crippen MR) is 219 cm³/mol. The van der Waals surface area contributed by atoms with E-state index < -0.39 is 23.2 Å². The van der Waals surface area contributed by atoms with Crippen LogP contribution in [0.2, 0.25) is 0 Å². The maximum absolute atomic E-state index is 15.0. The van der Waals surface area contributed by atoms with Crippen molar-refractivity contribution in [3.8, 4) is 0 Å². The first-order valence-electron chi connectivity index (χ1n) is 18.9. The highest BCUT2D eigenvalue weighted by Crippen LogP contribution is 2.32. The van der Waals surface area contributed by atoms with Crippen LogP contribution in [0.3, 0.4) is 0 Å². The Bertz CT molecular complexity index is 1750. The Labute approximate surface area is 336 Å². The van der Waals surface area contributed by atoms with Crippen LogP contribution in [0.5, 0.6) is 0 Å². The topological polar surface area (TPSA) is 220 Å². The number of hydrogen-bond acceptors (Lipinski definition) is 12. The number of rotatable bonds is 28. The van der Waals surface area contributed by atoms with Gasteiger partial charge in [-0.1, -0.05) is 12.8 Å². The van der Waals surface area contributed by atoms with Gasteiger partial charge in [0.2, 0.25) is 0 Å². The molecule has 0 aliphatic rings. The number of nitrogens with zero attached hydrogens (tertiary/aromatic N) is 2. The second-order valence-corrected chi connectivity index (χ2v) is 15.9. The molecule has 56 heavy (non-hydrogen) atoms. The van der Waals surface area contributed by atoms with Crippen LogP contribution in [0.15, 0.2) is 46.5 Å². The van der Waals surface area contributed by atoms with E-state index in [1.165, 1.54) is 53.9 Å². The highest BCUT2D eigenvalue weighted by atomic mass is 32.2. The molecule has 0 saturated carbocycles. The number of nitrogens with two attached hydrogens (primary N) is 3. The molecule has 0 atom stereocenters. The molecule has 0 radical (unpaired) electrons. The fourth-order valence-corrected chi connectivity index (χ4v) is 8.05. The second-order valence-electron chi connectivity index (χ2n) is 13.7. The summed E-state index contributed by atoms with van der Waals surface area (Å²) in [4.78, 5) is 62.4. The first-order valence-corrected chi connectivity index (χ1v) is 20.8. The molecule has 8 N–H and O–H groups in total. The van der Waals surface area contributed by atoms with Gasteiger partial charge in [0, 0.05) is 85.0 Å². The largest absolute Gasteiger partial charge is 0.388 e. The Morgan fingerprint density at radius 2 is 1.00 bits per heavy atom. The van der Waals surface area contributed by atoms with Gasteiger partial charge in [-0.25, -0.2) is 18.7 Å². The van der Waals surface area contributed by atoms with Crippen LogP contribution in [0.4, 0.5) is 8.78 Å². The molecule has 0 spiro atoms. The zero-order valence-electron chi connectivity index (χ0n) is 32.0. The molecule has 0 amide bonds. The van der Waals surface area contributed by atoms with Gasteiger partial charge in [-0.05, 0) is 91.6 Å². The van der Waals surface area contributed by atoms with Crippen molar-refractivity contribution in [1.29, 1.82) is 10.8 Å². The summed E-state index contributed by atoms with van der Waals surface area (Å²) in [6, 6.07) is 6.41. The number of aromatic nitrogens is 2. The number of ketones is 4. The lowest BCUT2D eigenvalue weighted by Gasteiger charge is -2.15. The van der Waals surface area contributed by atoms with E-state index in [-0.39, 0.29) is 60.9 Å². The van der Waals surface area contributed by atoms with Crippen molar-refractivity contribution in [1.82, 2.24) is 9.97 Å². The average molecular weight is 810 g/mol. The van der Waals surface area contributed by atoms with Gasteiger partial charge in [0.15, 0.2) is 11.6 Å². The van der Waals surface area contributed by atoms with E-state index in [0.29, 0.717) is 101 Å². The second kappa shape index (κ2) is 24.5. The third-order valence-corrected chi connectivity index (χ3v) is 11.3. The van der Waals surface area contributed by atoms with Gasteiger partial charge in [0.25, 0.3) is 0 Å². The van der Waals surface area contributed by atoms with Crippen molar-refractivity contribution in [3.05, 3.63) is 81.9 Å². The fourth-order valence-electron chi connectivity index (χ4n) is 6.14. The SMILES string of the molecule is CC(=N)CCCCCC(=O)Cc1cc(F)cc(CC(=O)c2cc(C(=O)Cc3cc(F)cc(CC(=O)CCCCCC(=N)N)c3SCCN)ncn2)c1SCCN. The van der Waals surface area contributed by atoms with Gasteiger partial charge in [0.05, 0.1) is 5.84 Å². The van der Waals surface area contributed by atoms with E-state index in [4.69, 9.17) is 28.0 Å². The van der Waals surface area contributed by atoms with E-state index in [9.17, 15) is 28.0 Å². The fraction of sp³-hybridized carbons (Fsp3) is 0.463. The smallest absolute Gasteiger partial charge is 0.185 e. The zero-order chi connectivity index (χ0) is 41.0. The van der Waals surface area contributed by atoms with Crippen molar-refractivity contribution >= 4 is 58.2 Å². The number of carbonyl (C=O) groups excluding carboxylic acids is 4. The minimum Gasteiger partial charge on any atom is -0.388 e. The molecule has 15 heteroatoms. The quantitative estimate of drug-likeness (QED) is 0.0169. The van der Waals surface area contributed by atoms with Gasteiger partial charge in [-0.3, -0.25) is 24.6 Å². The first kappa shape index (κ1) is 46.2. The molecule has 3 rings (SSSR count). The molecular formula is C41H53F2N7O4S2. The number of benzene rings is 2. The molecule has 1 heterocycles. The summed E-state index contributed by atoms with van der Waals surface area (Å²) in [5.41, 5.74) is 19.1. The normalized spacial score (nSPS) is 11.1. The van der Waals surface area contributed by atoms with E-state index in [1.807, 2.05) is 0 Å². The standard InChI is InChI=1S/C41H53F2N7O4S2/c1-26(46)8-4-2-5-9-33(51)20-27-16-31(42)18-29(40(27)55-14-12-44)22-37(53)35-24-36(50-25-49-35)38(54)23-30-19-32(43)17-28(41(30)56-15-13-45)21-34(52)10-6-3-7-11-39(47)48/h16-19,24-25,46H,2-15,20-23,44-45H2,1H3,(H3,47,48). The number of carbonyl (C=O) groups is 4. The van der Waals surface area contributed by atoms with E-state index in [2.05, 4.69) is 9.97 Å². The zero-order valence-corrected chi connectivity index (χ0v) is 33.7. The highest BCUT2D eigenvalue weighted by Gasteiger charge is 2.22. The molecule has 0 aliphatic heterocycles. The van der Waals surface area contributed by atoms with Crippen LogP contribution in [0.1, 0.15) is 114 Å².